The molecule has 0 bridgehead atoms. The van der Waals surface area contributed by atoms with Crippen molar-refractivity contribution in [2.24, 2.45) is 11.3 Å². The van der Waals surface area contributed by atoms with Crippen molar-refractivity contribution in [1.82, 2.24) is 19.6 Å². The van der Waals surface area contributed by atoms with Crippen molar-refractivity contribution >= 4 is 44.0 Å². The SMILES string of the molecule is COC1CCC([C@@H]2COc3cc(S(=O)(=O)NC(=O)c4ccc(N5CCC6(CC5)CC(N5CCC[C@H]5c5ccccc5C(C)C)C6)cc4Oc4cnc5[nH]cc(F)c5c4)cc([N+](=O)[O-])c3N2)CC1. The third kappa shape index (κ3) is 8.81. The van der Waals surface area contributed by atoms with Crippen LogP contribution in [0.3, 0.4) is 0 Å². The van der Waals surface area contributed by atoms with Gasteiger partial charge in [0.05, 0.1) is 39.1 Å². The van der Waals surface area contributed by atoms with Crippen LogP contribution in [0.15, 0.2) is 78.0 Å². The number of carbonyl (C=O) groups is 1. The van der Waals surface area contributed by atoms with Crippen molar-refractivity contribution in [3.8, 4) is 17.2 Å². The molecular formula is C50H58FN7O8S. The Morgan fingerprint density at radius 1 is 1.03 bits per heavy atom. The normalized spacial score (nSPS) is 23.1. The lowest BCUT2D eigenvalue weighted by Gasteiger charge is -2.56. The molecule has 10 rings (SSSR count). The number of nitrogens with one attached hydrogen (secondary N) is 3. The molecule has 2 saturated carbocycles. The Labute approximate surface area is 390 Å². The van der Waals surface area contributed by atoms with Crippen LogP contribution in [0.1, 0.15) is 112 Å². The fourth-order valence-electron chi connectivity index (χ4n) is 11.6. The molecule has 2 atom stereocenters. The van der Waals surface area contributed by atoms with Crippen molar-refractivity contribution < 1.29 is 36.7 Å². The van der Waals surface area contributed by atoms with Gasteiger partial charge in [-0.3, -0.25) is 19.8 Å². The van der Waals surface area contributed by atoms with Crippen LogP contribution in [-0.4, -0.2) is 85.7 Å². The number of nitrogens with zero attached hydrogens (tertiary/aromatic N) is 4. The predicted octanol–water partition coefficient (Wildman–Crippen LogP) is 9.61. The number of aromatic amines is 1. The molecule has 2 aliphatic carbocycles. The number of H-pyrrole nitrogens is 1. The zero-order valence-electron chi connectivity index (χ0n) is 38.1. The number of carbonyl (C=O) groups excluding carboxylic acids is 1. The molecule has 3 aliphatic heterocycles. The van der Waals surface area contributed by atoms with E-state index in [0.29, 0.717) is 23.6 Å². The summed E-state index contributed by atoms with van der Waals surface area (Å²) in [5.74, 6) is -0.717. The Bertz CT molecular complexity index is 2800. The quantitative estimate of drug-likeness (QED) is 0.0797. The minimum atomic E-state index is -4.69. The number of piperidine rings is 1. The van der Waals surface area contributed by atoms with Gasteiger partial charge in [0.2, 0.25) is 0 Å². The van der Waals surface area contributed by atoms with Gasteiger partial charge in [-0.25, -0.2) is 22.5 Å². The second-order valence-corrected chi connectivity index (χ2v) is 21.2. The summed E-state index contributed by atoms with van der Waals surface area (Å²) in [6.07, 6.45) is 13.0. The maximum Gasteiger partial charge on any atom is 0.297 e. The van der Waals surface area contributed by atoms with Gasteiger partial charge < -0.3 is 29.4 Å². The Morgan fingerprint density at radius 2 is 1.81 bits per heavy atom. The third-order valence-electron chi connectivity index (χ3n) is 15.3. The van der Waals surface area contributed by atoms with Gasteiger partial charge in [0, 0.05) is 62.4 Å². The van der Waals surface area contributed by atoms with Crippen molar-refractivity contribution in [2.75, 3.05) is 43.6 Å². The van der Waals surface area contributed by atoms with E-state index in [2.05, 4.69) is 67.9 Å². The van der Waals surface area contributed by atoms with E-state index >= 15 is 0 Å². The molecule has 0 radical (unpaired) electrons. The van der Waals surface area contributed by atoms with Crippen molar-refractivity contribution in [3.63, 3.8) is 0 Å². The number of nitro benzene ring substituents is 1. The van der Waals surface area contributed by atoms with Crippen LogP contribution in [-0.2, 0) is 14.8 Å². The molecule has 1 spiro atoms. The first-order chi connectivity index (χ1) is 32.3. The molecular weight excluding hydrogens is 878 g/mol. The predicted molar refractivity (Wildman–Crippen MR) is 252 cm³/mol. The Morgan fingerprint density at radius 3 is 2.55 bits per heavy atom. The lowest BCUT2D eigenvalue weighted by atomic mass is 9.59. The number of anilines is 2. The first kappa shape index (κ1) is 45.0. The highest BCUT2D eigenvalue weighted by atomic mass is 32.2. The average Bonchev–Trinajstić information content (AvgIpc) is 3.96. The molecule has 67 heavy (non-hydrogen) atoms. The van der Waals surface area contributed by atoms with Gasteiger partial charge in [0.1, 0.15) is 29.6 Å². The van der Waals surface area contributed by atoms with Crippen LogP contribution in [0.2, 0.25) is 0 Å². The smallest absolute Gasteiger partial charge is 0.297 e. The maximum atomic E-state index is 14.7. The molecule has 0 unspecified atom stereocenters. The van der Waals surface area contributed by atoms with E-state index in [0.717, 1.165) is 69.9 Å². The number of methoxy groups -OCH3 is 1. The van der Waals surface area contributed by atoms with Gasteiger partial charge in [-0.2, -0.15) is 0 Å². The molecule has 1 amide bonds. The number of ether oxygens (including phenoxy) is 3. The average molecular weight is 936 g/mol. The standard InChI is InChI=1S/C50H58FN7O8S/c1-30(2)37-7-4-5-8-38(37)43-9-6-18-57(43)33-25-50(26-33)16-19-56(20-17-50)32-12-15-39(45(21-32)66-35-22-40-41(51)28-53-48(40)52-27-35)49(59)55-67(62,63)36-23-44(58(60)61)47-46(24-36)65-29-42(54-47)31-10-13-34(64-3)14-11-31/h4-5,7-8,12,15,21-24,27-28,30-31,33-34,42-43,54H,6,9-11,13-14,16-20,25-26,29H2,1-3H3,(H,52,53)(H,55,59)/t31?,34?,42-,43-/m0/s1. The molecule has 5 aromatic rings. The van der Waals surface area contributed by atoms with Crippen LogP contribution in [0.5, 0.6) is 17.2 Å². The highest BCUT2D eigenvalue weighted by molar-refractivity contribution is 7.90. The molecule has 15 nitrogen and oxygen atoms in total. The molecule has 5 heterocycles. The highest BCUT2D eigenvalue weighted by Crippen LogP contribution is 2.54. The van der Waals surface area contributed by atoms with E-state index in [1.165, 1.54) is 67.4 Å². The zero-order chi connectivity index (χ0) is 46.6. The van der Waals surface area contributed by atoms with Gasteiger partial charge in [0.15, 0.2) is 11.4 Å². The molecule has 4 fully saturated rings. The first-order valence-electron chi connectivity index (χ1n) is 23.6. The fourth-order valence-corrected chi connectivity index (χ4v) is 12.6. The molecule has 5 aliphatic rings. The number of sulfonamides is 1. The summed E-state index contributed by atoms with van der Waals surface area (Å²) < 4.78 is 62.5. The number of halogens is 1. The fraction of sp³-hybridized carbons (Fsp3) is 0.480. The Kier molecular flexibility index (Phi) is 12.1. The van der Waals surface area contributed by atoms with Crippen molar-refractivity contribution in [3.05, 3.63) is 106 Å². The van der Waals surface area contributed by atoms with Gasteiger partial charge in [-0.15, -0.1) is 0 Å². The lowest BCUT2D eigenvalue weighted by Crippen LogP contribution is -2.54. The van der Waals surface area contributed by atoms with Crippen LogP contribution >= 0.6 is 0 Å². The highest BCUT2D eigenvalue weighted by Gasteiger charge is 2.50. The van der Waals surface area contributed by atoms with E-state index in [4.69, 9.17) is 14.2 Å². The summed E-state index contributed by atoms with van der Waals surface area (Å²) in [4.78, 5) is 37.4. The number of nitro groups is 1. The number of likely N-dealkylation sites (tertiary alicyclic amines) is 1. The van der Waals surface area contributed by atoms with E-state index < -0.39 is 37.3 Å². The van der Waals surface area contributed by atoms with Crippen LogP contribution in [0.25, 0.3) is 11.0 Å². The Balaban J connectivity index is 0.861. The number of hydrogen-bond acceptors (Lipinski definition) is 12. The topological polar surface area (TPSA) is 181 Å². The van der Waals surface area contributed by atoms with Gasteiger partial charge in [-0.1, -0.05) is 38.1 Å². The minimum absolute atomic E-state index is 0.00509. The van der Waals surface area contributed by atoms with Crippen molar-refractivity contribution in [1.29, 1.82) is 0 Å². The summed E-state index contributed by atoms with van der Waals surface area (Å²) in [5.41, 5.74) is 3.78. The summed E-state index contributed by atoms with van der Waals surface area (Å²) in [7, 11) is -3.00. The number of hydrogen-bond donors (Lipinski definition) is 3. The van der Waals surface area contributed by atoms with E-state index in [-0.39, 0.29) is 64.0 Å². The number of pyridine rings is 1. The zero-order valence-corrected chi connectivity index (χ0v) is 38.9. The summed E-state index contributed by atoms with van der Waals surface area (Å²) in [6, 6.07) is 18.3. The number of amides is 1. The molecule has 2 aromatic heterocycles. The Hall–Kier alpha value is -5.78. The first-order valence-corrected chi connectivity index (χ1v) is 25.1. The maximum absolute atomic E-state index is 14.7. The van der Waals surface area contributed by atoms with Gasteiger partial charge in [-0.05, 0) is 117 Å². The number of aromatic nitrogens is 2. The number of rotatable bonds is 12. The lowest BCUT2D eigenvalue weighted by molar-refractivity contribution is -0.384. The van der Waals surface area contributed by atoms with Gasteiger partial charge in [0.25, 0.3) is 21.6 Å². The minimum Gasteiger partial charge on any atom is -0.489 e. The second kappa shape index (κ2) is 18.0. The number of fused-ring (bicyclic) bond motifs is 2. The van der Waals surface area contributed by atoms with Crippen LogP contribution in [0, 0.1) is 27.3 Å². The summed E-state index contributed by atoms with van der Waals surface area (Å²) >= 11 is 0. The molecule has 3 N–H and O–H groups in total. The largest absolute Gasteiger partial charge is 0.489 e. The van der Waals surface area contributed by atoms with Crippen LogP contribution in [0.4, 0.5) is 21.5 Å². The van der Waals surface area contributed by atoms with Gasteiger partial charge >= 0.3 is 0 Å². The summed E-state index contributed by atoms with van der Waals surface area (Å²) in [5, 5.41) is 15.8. The van der Waals surface area contributed by atoms with E-state index in [1.807, 2.05) is 0 Å². The monoisotopic (exact) mass is 935 g/mol. The van der Waals surface area contributed by atoms with E-state index in [1.54, 1.807) is 19.2 Å². The molecule has 354 valence electrons. The molecule has 17 heteroatoms. The molecule has 2 saturated heterocycles. The summed E-state index contributed by atoms with van der Waals surface area (Å²) in [6.45, 7) is 7.45. The van der Waals surface area contributed by atoms with Crippen molar-refractivity contribution in [2.45, 2.75) is 113 Å². The van der Waals surface area contributed by atoms with E-state index in [9.17, 15) is 27.7 Å². The second-order valence-electron chi connectivity index (χ2n) is 19.6. The number of benzene rings is 3. The van der Waals surface area contributed by atoms with Crippen LogP contribution < -0.4 is 24.4 Å². The third-order valence-corrected chi connectivity index (χ3v) is 16.6. The molecule has 3 aromatic carbocycles.